The maximum atomic E-state index is 12.2. The molecule has 23 heavy (non-hydrogen) atoms. The van der Waals surface area contributed by atoms with Gasteiger partial charge in [-0.05, 0) is 73.6 Å². The van der Waals surface area contributed by atoms with Gasteiger partial charge in [-0.2, -0.15) is 0 Å². The summed E-state index contributed by atoms with van der Waals surface area (Å²) in [4.78, 5) is 12.2. The Bertz CT molecular complexity index is 727. The zero-order chi connectivity index (χ0) is 16.2. The molecule has 0 bridgehead atoms. The lowest BCUT2D eigenvalue weighted by atomic mass is 9.90. The molecular formula is C19H20BrNO2. The second-order valence-electron chi connectivity index (χ2n) is 5.90. The van der Waals surface area contributed by atoms with Gasteiger partial charge in [0.15, 0.2) is 6.61 Å². The second-order valence-corrected chi connectivity index (χ2v) is 6.81. The van der Waals surface area contributed by atoms with Crippen molar-refractivity contribution in [2.45, 2.75) is 32.6 Å². The highest BCUT2D eigenvalue weighted by Crippen LogP contribution is 2.28. The predicted octanol–water partition coefficient (Wildman–Crippen LogP) is 4.65. The molecule has 0 heterocycles. The van der Waals surface area contributed by atoms with Crippen LogP contribution < -0.4 is 10.1 Å². The van der Waals surface area contributed by atoms with Crippen molar-refractivity contribution < 1.29 is 9.53 Å². The molecule has 0 unspecified atom stereocenters. The molecule has 1 aliphatic rings. The van der Waals surface area contributed by atoms with Crippen LogP contribution in [0.2, 0.25) is 0 Å². The lowest BCUT2D eigenvalue weighted by molar-refractivity contribution is -0.118. The number of hydrogen-bond acceptors (Lipinski definition) is 2. The molecule has 3 nitrogen and oxygen atoms in total. The minimum Gasteiger partial charge on any atom is -0.483 e. The van der Waals surface area contributed by atoms with Crippen LogP contribution in [0.15, 0.2) is 40.9 Å². The van der Waals surface area contributed by atoms with E-state index in [2.05, 4.69) is 27.3 Å². The summed E-state index contributed by atoms with van der Waals surface area (Å²) < 4.78 is 6.64. The van der Waals surface area contributed by atoms with Gasteiger partial charge in [-0.15, -0.1) is 0 Å². The normalized spacial score (nSPS) is 13.3. The molecule has 0 aliphatic heterocycles. The first-order chi connectivity index (χ1) is 11.1. The zero-order valence-electron chi connectivity index (χ0n) is 13.2. The van der Waals surface area contributed by atoms with Gasteiger partial charge in [0.05, 0.1) is 0 Å². The van der Waals surface area contributed by atoms with Gasteiger partial charge in [-0.3, -0.25) is 4.79 Å². The standard InChI is InChI=1S/C19H20BrNO2/c1-13-11-15(20)9-10-18(13)23-12-19(22)21-17-8-4-6-14-5-2-3-7-16(14)17/h4,6,8-11H,2-3,5,7,12H2,1H3,(H,21,22). The van der Waals surface area contributed by atoms with E-state index in [0.717, 1.165) is 34.3 Å². The quantitative estimate of drug-likeness (QED) is 0.846. The number of fused-ring (bicyclic) bond motifs is 1. The Hall–Kier alpha value is -1.81. The highest BCUT2D eigenvalue weighted by atomic mass is 79.9. The summed E-state index contributed by atoms with van der Waals surface area (Å²) in [6.07, 6.45) is 4.57. The van der Waals surface area contributed by atoms with Gasteiger partial charge in [-0.25, -0.2) is 0 Å². The summed E-state index contributed by atoms with van der Waals surface area (Å²) in [6, 6.07) is 11.9. The zero-order valence-corrected chi connectivity index (χ0v) is 14.8. The Morgan fingerprint density at radius 2 is 2.04 bits per heavy atom. The Morgan fingerprint density at radius 3 is 2.87 bits per heavy atom. The molecule has 0 spiro atoms. The molecule has 0 fully saturated rings. The van der Waals surface area contributed by atoms with Crippen LogP contribution in [0.25, 0.3) is 0 Å². The third-order valence-corrected chi connectivity index (χ3v) is 4.66. The summed E-state index contributed by atoms with van der Waals surface area (Å²) in [5.74, 6) is 0.615. The van der Waals surface area contributed by atoms with Gasteiger partial charge in [-0.1, -0.05) is 28.1 Å². The molecule has 120 valence electrons. The number of hydrogen-bond donors (Lipinski definition) is 1. The minimum absolute atomic E-state index is 0.0200. The Labute approximate surface area is 145 Å². The van der Waals surface area contributed by atoms with E-state index in [9.17, 15) is 4.79 Å². The van der Waals surface area contributed by atoms with Gasteiger partial charge < -0.3 is 10.1 Å². The van der Waals surface area contributed by atoms with Crippen LogP contribution in [0.1, 0.15) is 29.5 Å². The molecule has 4 heteroatoms. The summed E-state index contributed by atoms with van der Waals surface area (Å²) in [5, 5.41) is 3.00. The first-order valence-corrected chi connectivity index (χ1v) is 8.72. The molecular weight excluding hydrogens is 354 g/mol. The van der Waals surface area contributed by atoms with Crippen molar-refractivity contribution in [1.82, 2.24) is 0 Å². The first kappa shape index (κ1) is 16.1. The molecule has 2 aromatic rings. The van der Waals surface area contributed by atoms with Crippen molar-refractivity contribution in [3.63, 3.8) is 0 Å². The van der Waals surface area contributed by atoms with E-state index in [1.54, 1.807) is 0 Å². The topological polar surface area (TPSA) is 38.3 Å². The van der Waals surface area contributed by atoms with E-state index < -0.39 is 0 Å². The summed E-state index contributed by atoms with van der Waals surface area (Å²) in [7, 11) is 0. The Morgan fingerprint density at radius 1 is 1.22 bits per heavy atom. The number of ether oxygens (including phenoxy) is 1. The van der Waals surface area contributed by atoms with Crippen molar-refractivity contribution in [1.29, 1.82) is 0 Å². The Kier molecular flexibility index (Phi) is 5.01. The number of rotatable bonds is 4. The van der Waals surface area contributed by atoms with E-state index in [0.29, 0.717) is 0 Å². The average molecular weight is 374 g/mol. The minimum atomic E-state index is -0.119. The van der Waals surface area contributed by atoms with E-state index in [1.807, 2.05) is 37.3 Å². The van der Waals surface area contributed by atoms with Crippen molar-refractivity contribution in [2.75, 3.05) is 11.9 Å². The van der Waals surface area contributed by atoms with E-state index in [-0.39, 0.29) is 12.5 Å². The van der Waals surface area contributed by atoms with Crippen LogP contribution in [0, 0.1) is 6.92 Å². The molecule has 1 amide bonds. The number of anilines is 1. The molecule has 1 N–H and O–H groups in total. The summed E-state index contributed by atoms with van der Waals surface area (Å²) in [6.45, 7) is 1.98. The largest absolute Gasteiger partial charge is 0.483 e. The number of carbonyl (C=O) groups is 1. The van der Waals surface area contributed by atoms with Gasteiger partial charge in [0.1, 0.15) is 5.75 Å². The Balaban J connectivity index is 1.64. The van der Waals surface area contributed by atoms with Crippen LogP contribution in [0.4, 0.5) is 5.69 Å². The maximum Gasteiger partial charge on any atom is 0.262 e. The molecule has 0 saturated heterocycles. The fraction of sp³-hybridized carbons (Fsp3) is 0.316. The van der Waals surface area contributed by atoms with E-state index in [4.69, 9.17) is 4.74 Å². The fourth-order valence-electron chi connectivity index (χ4n) is 3.00. The maximum absolute atomic E-state index is 12.2. The lowest BCUT2D eigenvalue weighted by Crippen LogP contribution is -2.22. The summed E-state index contributed by atoms with van der Waals surface area (Å²) >= 11 is 3.42. The van der Waals surface area contributed by atoms with Crippen molar-refractivity contribution in [3.8, 4) is 5.75 Å². The molecule has 0 saturated carbocycles. The summed E-state index contributed by atoms with van der Waals surface area (Å²) in [5.41, 5.74) is 4.58. The average Bonchev–Trinajstić information content (AvgIpc) is 2.54. The van der Waals surface area contributed by atoms with Gasteiger partial charge in [0.25, 0.3) is 5.91 Å². The molecule has 1 aliphatic carbocycles. The second kappa shape index (κ2) is 7.18. The lowest BCUT2D eigenvalue weighted by Gasteiger charge is -2.19. The van der Waals surface area contributed by atoms with Gasteiger partial charge >= 0.3 is 0 Å². The van der Waals surface area contributed by atoms with Crippen LogP contribution in [0.3, 0.4) is 0 Å². The number of nitrogens with one attached hydrogen (secondary N) is 1. The van der Waals surface area contributed by atoms with Crippen LogP contribution in [-0.2, 0) is 17.6 Å². The third-order valence-electron chi connectivity index (χ3n) is 4.17. The molecule has 2 aromatic carbocycles. The monoisotopic (exact) mass is 373 g/mol. The van der Waals surface area contributed by atoms with E-state index in [1.165, 1.54) is 24.0 Å². The number of halogens is 1. The predicted molar refractivity (Wildman–Crippen MR) is 96.1 cm³/mol. The highest BCUT2D eigenvalue weighted by Gasteiger charge is 2.14. The van der Waals surface area contributed by atoms with Crippen molar-refractivity contribution >= 4 is 27.5 Å². The van der Waals surface area contributed by atoms with Gasteiger partial charge in [0, 0.05) is 10.2 Å². The van der Waals surface area contributed by atoms with Crippen LogP contribution in [-0.4, -0.2) is 12.5 Å². The SMILES string of the molecule is Cc1cc(Br)ccc1OCC(=O)Nc1cccc2c1CCCC2. The first-order valence-electron chi connectivity index (χ1n) is 7.93. The smallest absolute Gasteiger partial charge is 0.262 e. The highest BCUT2D eigenvalue weighted by molar-refractivity contribution is 9.10. The van der Waals surface area contributed by atoms with Crippen LogP contribution >= 0.6 is 15.9 Å². The van der Waals surface area contributed by atoms with Crippen LogP contribution in [0.5, 0.6) is 5.75 Å². The third kappa shape index (κ3) is 3.94. The number of benzene rings is 2. The molecule has 3 rings (SSSR count). The van der Waals surface area contributed by atoms with Crippen molar-refractivity contribution in [3.05, 3.63) is 57.6 Å². The molecule has 0 radical (unpaired) electrons. The fourth-order valence-corrected chi connectivity index (χ4v) is 3.48. The number of aryl methyl sites for hydroxylation is 2. The van der Waals surface area contributed by atoms with Gasteiger partial charge in [0.2, 0.25) is 0 Å². The molecule has 0 aromatic heterocycles. The number of amides is 1. The number of carbonyl (C=O) groups excluding carboxylic acids is 1. The molecule has 0 atom stereocenters. The van der Waals surface area contributed by atoms with E-state index >= 15 is 0 Å². The van der Waals surface area contributed by atoms with Crippen molar-refractivity contribution in [2.24, 2.45) is 0 Å².